The third kappa shape index (κ3) is 8.43. The number of benzene rings is 2. The van der Waals surface area contributed by atoms with Crippen molar-refractivity contribution in [1.82, 2.24) is 0 Å². The minimum Gasteiger partial charge on any atom is -0.494 e. The van der Waals surface area contributed by atoms with Crippen LogP contribution in [0.15, 0.2) is 39.0 Å². The Morgan fingerprint density at radius 2 is 1.80 bits per heavy atom. The Hall–Kier alpha value is -4.14. The van der Waals surface area contributed by atoms with Crippen molar-refractivity contribution in [2.75, 3.05) is 37.0 Å². The van der Waals surface area contributed by atoms with Gasteiger partial charge in [-0.1, -0.05) is 20.8 Å². The summed E-state index contributed by atoms with van der Waals surface area (Å²) in [4.78, 5) is 47.2. The van der Waals surface area contributed by atoms with E-state index >= 15 is 0 Å². The number of non-ortho nitro benzene ring substituents is 1. The van der Waals surface area contributed by atoms with Gasteiger partial charge < -0.3 is 19.7 Å². The van der Waals surface area contributed by atoms with E-state index in [1.54, 1.807) is 13.0 Å². The van der Waals surface area contributed by atoms with Crippen LogP contribution < -0.4 is 15.0 Å². The van der Waals surface area contributed by atoms with Crippen LogP contribution in [0.1, 0.15) is 40.5 Å². The third-order valence-corrected chi connectivity index (χ3v) is 6.36. The summed E-state index contributed by atoms with van der Waals surface area (Å²) in [6.07, 6.45) is 1.43. The predicted molar refractivity (Wildman–Crippen MR) is 152 cm³/mol. The lowest BCUT2D eigenvalue weighted by molar-refractivity contribution is -0.393. The number of nitro groups is 2. The molecule has 0 aromatic heterocycles. The Bertz CT molecular complexity index is 1300. The number of hydrogen-bond donors (Lipinski definition) is 1. The summed E-state index contributed by atoms with van der Waals surface area (Å²) in [5.74, 6) is -0.537. The molecule has 0 bridgehead atoms. The van der Waals surface area contributed by atoms with Crippen LogP contribution in [-0.4, -0.2) is 48.5 Å². The fraction of sp³-hybridized carbons (Fsp3) is 0.440. The van der Waals surface area contributed by atoms with Crippen LogP contribution in [0, 0.1) is 26.1 Å². The number of nitrogens with zero attached hydrogens (tertiary/aromatic N) is 5. The maximum absolute atomic E-state index is 12.1. The fourth-order valence-electron chi connectivity index (χ4n) is 3.55. The second-order valence-electron chi connectivity index (χ2n) is 8.70. The number of nitro benzene ring substituents is 2. The van der Waals surface area contributed by atoms with Gasteiger partial charge in [-0.05, 0) is 34.8 Å². The molecule has 1 unspecified atom stereocenters. The molecule has 0 heterocycles. The molecule has 216 valence electrons. The zero-order chi connectivity index (χ0) is 30.0. The van der Waals surface area contributed by atoms with Crippen molar-refractivity contribution in [2.24, 2.45) is 16.1 Å². The molecule has 1 amide bonds. The molecule has 15 heteroatoms. The molecule has 2 rings (SSSR count). The van der Waals surface area contributed by atoms with Crippen LogP contribution in [0.2, 0.25) is 0 Å². The summed E-state index contributed by atoms with van der Waals surface area (Å²) in [5.41, 5.74) is -0.415. The van der Waals surface area contributed by atoms with Gasteiger partial charge in [-0.3, -0.25) is 29.8 Å². The van der Waals surface area contributed by atoms with Gasteiger partial charge in [0.25, 0.3) is 5.69 Å². The largest absolute Gasteiger partial charge is 0.494 e. The maximum Gasteiger partial charge on any atom is 0.308 e. The van der Waals surface area contributed by atoms with Crippen molar-refractivity contribution < 1.29 is 28.9 Å². The molecule has 0 spiro atoms. The molecule has 2 aromatic rings. The van der Waals surface area contributed by atoms with Crippen LogP contribution >= 0.6 is 15.9 Å². The molecule has 0 radical (unpaired) electrons. The summed E-state index contributed by atoms with van der Waals surface area (Å²) in [7, 11) is 1.45. The first-order valence-electron chi connectivity index (χ1n) is 12.4. The van der Waals surface area contributed by atoms with Gasteiger partial charge in [-0.25, -0.2) is 0 Å². The number of nitrogens with one attached hydrogen (secondary N) is 1. The van der Waals surface area contributed by atoms with Gasteiger partial charge in [0.15, 0.2) is 5.69 Å². The molecule has 2 aromatic carbocycles. The number of halogens is 1. The van der Waals surface area contributed by atoms with Crippen molar-refractivity contribution in [1.29, 1.82) is 0 Å². The average Bonchev–Trinajstić information content (AvgIpc) is 2.90. The second-order valence-corrected chi connectivity index (χ2v) is 9.55. The molecule has 0 aliphatic carbocycles. The number of anilines is 2. The second kappa shape index (κ2) is 14.9. The fourth-order valence-corrected chi connectivity index (χ4v) is 4.06. The topological polar surface area (TPSA) is 179 Å². The average molecular weight is 623 g/mol. The highest BCUT2D eigenvalue weighted by Crippen LogP contribution is 2.43. The molecule has 0 fully saturated rings. The zero-order valence-corrected chi connectivity index (χ0v) is 24.4. The number of azo groups is 1. The number of carbonyl (C=O) groups is 2. The maximum atomic E-state index is 12.1. The van der Waals surface area contributed by atoms with Crippen molar-refractivity contribution in [3.63, 3.8) is 0 Å². The standard InChI is InChI=1S/C25H31BrN6O8/c1-6-8-30(9-10-40-25(34)15(3)7-2)21-13-19(27-16(4)33)20(14-23(21)39-5)28-29-24-18(26)11-17(31(35)36)12-22(24)32(37)38/h11-15H,6-10H2,1-5H3,(H,27,33). The quantitative estimate of drug-likeness (QED) is 0.107. The third-order valence-electron chi connectivity index (χ3n) is 5.76. The van der Waals surface area contributed by atoms with Crippen LogP contribution in [-0.2, 0) is 14.3 Å². The summed E-state index contributed by atoms with van der Waals surface area (Å²) >= 11 is 3.09. The first kappa shape index (κ1) is 32.1. The lowest BCUT2D eigenvalue weighted by Gasteiger charge is -2.27. The monoisotopic (exact) mass is 622 g/mol. The number of hydrogen-bond acceptors (Lipinski definition) is 11. The van der Waals surface area contributed by atoms with Gasteiger partial charge in [-0.2, -0.15) is 0 Å². The molecule has 1 atom stereocenters. The summed E-state index contributed by atoms with van der Waals surface area (Å²) in [6.45, 7) is 8.07. The summed E-state index contributed by atoms with van der Waals surface area (Å²) in [6, 6.07) is 4.99. The Morgan fingerprint density at radius 3 is 2.35 bits per heavy atom. The van der Waals surface area contributed by atoms with E-state index in [2.05, 4.69) is 31.5 Å². The molecule has 40 heavy (non-hydrogen) atoms. The normalized spacial score (nSPS) is 11.7. The summed E-state index contributed by atoms with van der Waals surface area (Å²) in [5, 5.41) is 33.5. The lowest BCUT2D eigenvalue weighted by atomic mass is 10.1. The van der Waals surface area contributed by atoms with Gasteiger partial charge in [0.1, 0.15) is 18.0 Å². The molecule has 0 saturated heterocycles. The van der Waals surface area contributed by atoms with Crippen molar-refractivity contribution in [3.05, 3.63) is 49.0 Å². The highest BCUT2D eigenvalue weighted by atomic mass is 79.9. The Morgan fingerprint density at radius 1 is 1.10 bits per heavy atom. The van der Waals surface area contributed by atoms with E-state index in [0.717, 1.165) is 18.6 Å². The minimum atomic E-state index is -0.804. The highest BCUT2D eigenvalue weighted by Gasteiger charge is 2.24. The highest BCUT2D eigenvalue weighted by molar-refractivity contribution is 9.10. The summed E-state index contributed by atoms with van der Waals surface area (Å²) < 4.78 is 11.0. The molecule has 14 nitrogen and oxygen atoms in total. The Labute approximate surface area is 239 Å². The van der Waals surface area contributed by atoms with Crippen molar-refractivity contribution in [2.45, 2.75) is 40.5 Å². The number of rotatable bonds is 14. The first-order chi connectivity index (χ1) is 18.9. The minimum absolute atomic E-state index is 0.0112. The lowest BCUT2D eigenvalue weighted by Crippen LogP contribution is -2.30. The van der Waals surface area contributed by atoms with E-state index in [-0.39, 0.29) is 40.0 Å². The Balaban J connectivity index is 2.54. The van der Waals surface area contributed by atoms with Crippen LogP contribution in [0.25, 0.3) is 0 Å². The number of methoxy groups -OCH3 is 1. The van der Waals surface area contributed by atoms with Crippen molar-refractivity contribution >= 4 is 61.9 Å². The van der Waals surface area contributed by atoms with E-state index in [1.807, 2.05) is 18.7 Å². The van der Waals surface area contributed by atoms with Crippen LogP contribution in [0.3, 0.4) is 0 Å². The zero-order valence-electron chi connectivity index (χ0n) is 22.8. The number of amides is 1. The molecule has 0 aliphatic rings. The van der Waals surface area contributed by atoms with Gasteiger partial charge in [0.2, 0.25) is 5.91 Å². The SMILES string of the molecule is CCCN(CCOC(=O)C(C)CC)c1cc(NC(C)=O)c(N=Nc2c(Br)cc([N+](=O)[O-])cc2[N+](=O)[O-])cc1OC. The van der Waals surface area contributed by atoms with E-state index in [0.29, 0.717) is 30.9 Å². The van der Waals surface area contributed by atoms with Crippen LogP contribution in [0.4, 0.5) is 34.1 Å². The number of esters is 1. The van der Waals surface area contributed by atoms with Gasteiger partial charge >= 0.3 is 11.7 Å². The smallest absolute Gasteiger partial charge is 0.308 e. The van der Waals surface area contributed by atoms with E-state index < -0.39 is 27.1 Å². The number of carbonyl (C=O) groups excluding carboxylic acids is 2. The molecule has 0 saturated carbocycles. The van der Waals surface area contributed by atoms with E-state index in [1.165, 1.54) is 20.1 Å². The van der Waals surface area contributed by atoms with Gasteiger partial charge in [-0.15, -0.1) is 10.2 Å². The molecular formula is C25H31BrN6O8. The molecular weight excluding hydrogens is 592 g/mol. The predicted octanol–water partition coefficient (Wildman–Crippen LogP) is 6.45. The number of ether oxygens (including phenoxy) is 2. The Kier molecular flexibility index (Phi) is 11.9. The molecule has 0 aliphatic heterocycles. The van der Waals surface area contributed by atoms with E-state index in [9.17, 15) is 29.8 Å². The van der Waals surface area contributed by atoms with Gasteiger partial charge in [0, 0.05) is 25.6 Å². The van der Waals surface area contributed by atoms with Crippen LogP contribution in [0.5, 0.6) is 5.75 Å². The first-order valence-corrected chi connectivity index (χ1v) is 13.2. The van der Waals surface area contributed by atoms with Crippen molar-refractivity contribution in [3.8, 4) is 5.75 Å². The van der Waals surface area contributed by atoms with E-state index in [4.69, 9.17) is 9.47 Å². The molecule has 1 N–H and O–H groups in total. The van der Waals surface area contributed by atoms with Gasteiger partial charge in [0.05, 0.1) is 51.3 Å².